The molecule has 2 rings (SSSR count). The fourth-order valence-electron chi connectivity index (χ4n) is 2.98. The molecule has 0 radical (unpaired) electrons. The van der Waals surface area contributed by atoms with Crippen LogP contribution in [0, 0.1) is 5.92 Å². The van der Waals surface area contributed by atoms with Gasteiger partial charge in [-0.25, -0.2) is 0 Å². The van der Waals surface area contributed by atoms with E-state index >= 15 is 0 Å². The summed E-state index contributed by atoms with van der Waals surface area (Å²) in [6.07, 6.45) is 5.19. The Kier molecular flexibility index (Phi) is 5.65. The molecular formula is C17H26BrNO. The number of hydrogen-bond acceptors (Lipinski definition) is 2. The average Bonchev–Trinajstić information content (AvgIpc) is 2.45. The van der Waals surface area contributed by atoms with Crippen molar-refractivity contribution in [1.29, 1.82) is 0 Å². The molecule has 112 valence electrons. The van der Waals surface area contributed by atoms with Crippen LogP contribution in [0.2, 0.25) is 0 Å². The van der Waals surface area contributed by atoms with Gasteiger partial charge in [0.1, 0.15) is 0 Å². The lowest BCUT2D eigenvalue weighted by atomic mass is 9.79. The van der Waals surface area contributed by atoms with Crippen LogP contribution < -0.4 is 5.32 Å². The fourth-order valence-corrected chi connectivity index (χ4v) is 3.25. The lowest BCUT2D eigenvalue weighted by molar-refractivity contribution is -0.00830. The molecule has 0 spiro atoms. The Balaban J connectivity index is 1.92. The largest absolute Gasteiger partial charge is 0.389 e. The Morgan fingerprint density at radius 3 is 2.45 bits per heavy atom. The van der Waals surface area contributed by atoms with Crippen molar-refractivity contribution in [3.8, 4) is 0 Å². The second-order valence-electron chi connectivity index (χ2n) is 6.30. The molecule has 20 heavy (non-hydrogen) atoms. The van der Waals surface area contributed by atoms with Crippen LogP contribution in [-0.4, -0.2) is 17.3 Å². The summed E-state index contributed by atoms with van der Waals surface area (Å²) in [6.45, 7) is 5.17. The summed E-state index contributed by atoms with van der Waals surface area (Å²) in [5.41, 5.74) is 0.790. The van der Waals surface area contributed by atoms with E-state index in [4.69, 9.17) is 0 Å². The molecule has 0 aliphatic heterocycles. The highest BCUT2D eigenvalue weighted by Crippen LogP contribution is 2.32. The second-order valence-corrected chi connectivity index (χ2v) is 7.22. The van der Waals surface area contributed by atoms with Gasteiger partial charge in [0, 0.05) is 17.1 Å². The SMILES string of the molecule is CCC(NCC1(O)CCC(C)CC1)c1ccc(Br)cc1. The first-order valence-electron chi connectivity index (χ1n) is 7.73. The smallest absolute Gasteiger partial charge is 0.0772 e. The lowest BCUT2D eigenvalue weighted by Gasteiger charge is -2.36. The van der Waals surface area contributed by atoms with Crippen LogP contribution in [0.4, 0.5) is 0 Å². The zero-order valence-electron chi connectivity index (χ0n) is 12.5. The molecule has 0 saturated heterocycles. The number of aliphatic hydroxyl groups is 1. The third-order valence-corrected chi connectivity index (χ3v) is 5.09. The zero-order chi connectivity index (χ0) is 14.6. The summed E-state index contributed by atoms with van der Waals surface area (Å²) in [4.78, 5) is 0. The van der Waals surface area contributed by atoms with Crippen molar-refractivity contribution in [2.75, 3.05) is 6.54 Å². The molecule has 2 N–H and O–H groups in total. The van der Waals surface area contributed by atoms with E-state index in [-0.39, 0.29) is 0 Å². The number of halogens is 1. The molecule has 1 fully saturated rings. The highest BCUT2D eigenvalue weighted by molar-refractivity contribution is 9.10. The summed E-state index contributed by atoms with van der Waals surface area (Å²) in [5.74, 6) is 0.767. The monoisotopic (exact) mass is 339 g/mol. The van der Waals surface area contributed by atoms with Crippen molar-refractivity contribution < 1.29 is 5.11 Å². The minimum atomic E-state index is -0.505. The predicted molar refractivity (Wildman–Crippen MR) is 87.8 cm³/mol. The molecule has 0 bridgehead atoms. The molecule has 2 nitrogen and oxygen atoms in total. The Morgan fingerprint density at radius 2 is 1.90 bits per heavy atom. The summed E-state index contributed by atoms with van der Waals surface area (Å²) in [7, 11) is 0. The van der Waals surface area contributed by atoms with E-state index in [0.29, 0.717) is 12.6 Å². The van der Waals surface area contributed by atoms with E-state index < -0.39 is 5.60 Å². The van der Waals surface area contributed by atoms with Gasteiger partial charge in [-0.1, -0.05) is 41.9 Å². The average molecular weight is 340 g/mol. The van der Waals surface area contributed by atoms with Crippen LogP contribution in [0.1, 0.15) is 57.6 Å². The molecule has 3 heteroatoms. The number of rotatable bonds is 5. The third kappa shape index (κ3) is 4.31. The van der Waals surface area contributed by atoms with Crippen molar-refractivity contribution >= 4 is 15.9 Å². The Morgan fingerprint density at radius 1 is 1.30 bits per heavy atom. The quantitative estimate of drug-likeness (QED) is 0.831. The molecule has 1 unspecified atom stereocenters. The highest BCUT2D eigenvalue weighted by Gasteiger charge is 2.32. The fraction of sp³-hybridized carbons (Fsp3) is 0.647. The van der Waals surface area contributed by atoms with E-state index in [1.807, 2.05) is 0 Å². The lowest BCUT2D eigenvalue weighted by Crippen LogP contribution is -2.44. The van der Waals surface area contributed by atoms with Gasteiger partial charge in [-0.15, -0.1) is 0 Å². The van der Waals surface area contributed by atoms with Gasteiger partial charge in [-0.2, -0.15) is 0 Å². The van der Waals surface area contributed by atoms with Gasteiger partial charge < -0.3 is 10.4 Å². The van der Waals surface area contributed by atoms with Crippen LogP contribution in [-0.2, 0) is 0 Å². The summed E-state index contributed by atoms with van der Waals surface area (Å²) >= 11 is 3.47. The predicted octanol–water partition coefficient (Wildman–Crippen LogP) is 4.43. The summed E-state index contributed by atoms with van der Waals surface area (Å²) in [5, 5.41) is 14.2. The Bertz CT molecular complexity index is 410. The normalized spacial score (nSPS) is 28.3. The van der Waals surface area contributed by atoms with Crippen LogP contribution in [0.3, 0.4) is 0 Å². The van der Waals surface area contributed by atoms with Gasteiger partial charge in [-0.3, -0.25) is 0 Å². The highest BCUT2D eigenvalue weighted by atomic mass is 79.9. The van der Waals surface area contributed by atoms with Crippen molar-refractivity contribution in [3.63, 3.8) is 0 Å². The molecule has 1 aliphatic carbocycles. The molecule has 1 atom stereocenters. The van der Waals surface area contributed by atoms with E-state index in [1.54, 1.807) is 0 Å². The third-order valence-electron chi connectivity index (χ3n) is 4.56. The van der Waals surface area contributed by atoms with E-state index in [1.165, 1.54) is 5.56 Å². The van der Waals surface area contributed by atoms with E-state index in [2.05, 4.69) is 59.4 Å². The van der Waals surface area contributed by atoms with Gasteiger partial charge in [-0.05, 0) is 55.7 Å². The molecule has 0 heterocycles. The van der Waals surface area contributed by atoms with E-state index in [0.717, 1.165) is 42.5 Å². The topological polar surface area (TPSA) is 32.3 Å². The minimum Gasteiger partial charge on any atom is -0.389 e. The zero-order valence-corrected chi connectivity index (χ0v) is 14.1. The first-order valence-corrected chi connectivity index (χ1v) is 8.53. The van der Waals surface area contributed by atoms with Crippen LogP contribution in [0.5, 0.6) is 0 Å². The molecule has 1 aliphatic rings. The Hall–Kier alpha value is -0.380. The van der Waals surface area contributed by atoms with Gasteiger partial charge >= 0.3 is 0 Å². The van der Waals surface area contributed by atoms with Gasteiger partial charge in [0.2, 0.25) is 0 Å². The maximum atomic E-state index is 10.7. The summed E-state index contributed by atoms with van der Waals surface area (Å²) in [6, 6.07) is 8.79. The van der Waals surface area contributed by atoms with Crippen LogP contribution >= 0.6 is 15.9 Å². The minimum absolute atomic E-state index is 0.325. The van der Waals surface area contributed by atoms with Crippen molar-refractivity contribution in [3.05, 3.63) is 34.3 Å². The first kappa shape index (κ1) is 16.0. The van der Waals surface area contributed by atoms with Gasteiger partial charge in [0.05, 0.1) is 5.60 Å². The number of nitrogens with one attached hydrogen (secondary N) is 1. The molecule has 1 aromatic carbocycles. The molecule has 0 amide bonds. The number of benzene rings is 1. The Labute approximate surface area is 131 Å². The standard InChI is InChI=1S/C17H26BrNO/c1-3-16(14-4-6-15(18)7-5-14)19-12-17(20)10-8-13(2)9-11-17/h4-7,13,16,19-20H,3,8-12H2,1-2H3. The maximum absolute atomic E-state index is 10.7. The molecular weight excluding hydrogens is 314 g/mol. The van der Waals surface area contributed by atoms with Crippen LogP contribution in [0.15, 0.2) is 28.7 Å². The molecule has 1 saturated carbocycles. The van der Waals surface area contributed by atoms with Crippen molar-refractivity contribution in [2.45, 2.75) is 57.6 Å². The van der Waals surface area contributed by atoms with E-state index in [9.17, 15) is 5.11 Å². The van der Waals surface area contributed by atoms with Crippen LogP contribution in [0.25, 0.3) is 0 Å². The van der Waals surface area contributed by atoms with Crippen molar-refractivity contribution in [1.82, 2.24) is 5.32 Å². The maximum Gasteiger partial charge on any atom is 0.0772 e. The van der Waals surface area contributed by atoms with Gasteiger partial charge in [0.15, 0.2) is 0 Å². The number of hydrogen-bond donors (Lipinski definition) is 2. The van der Waals surface area contributed by atoms with Crippen molar-refractivity contribution in [2.24, 2.45) is 5.92 Å². The first-order chi connectivity index (χ1) is 9.52. The second kappa shape index (κ2) is 7.06. The molecule has 0 aromatic heterocycles. The van der Waals surface area contributed by atoms with Gasteiger partial charge in [0.25, 0.3) is 0 Å². The summed E-state index contributed by atoms with van der Waals surface area (Å²) < 4.78 is 1.11. The molecule has 1 aromatic rings.